The predicted molar refractivity (Wildman–Crippen MR) is 112 cm³/mol. The molecule has 0 aromatic rings. The third-order valence-corrected chi connectivity index (χ3v) is 3.43. The molecule has 2 amide bonds. The van der Waals surface area contributed by atoms with Crippen LogP contribution in [-0.4, -0.2) is 67.1 Å². The second-order valence-corrected chi connectivity index (χ2v) is 9.20. The number of unbranched alkanes of at least 4 members (excludes halogenated alkanes) is 1. The second-order valence-electron chi connectivity index (χ2n) is 9.20. The smallest absolute Gasteiger partial charge is 0.407 e. The molecule has 4 N–H and O–H groups in total. The van der Waals surface area contributed by atoms with Crippen LogP contribution < -0.4 is 16.4 Å². The molecule has 0 rings (SSSR count). The number of hydrogen-bond donors (Lipinski definition) is 3. The van der Waals surface area contributed by atoms with Crippen molar-refractivity contribution in [1.82, 2.24) is 15.5 Å². The van der Waals surface area contributed by atoms with Crippen LogP contribution in [0.1, 0.15) is 67.7 Å². The first-order valence-corrected chi connectivity index (χ1v) is 10.2. The molecule has 0 aliphatic carbocycles. The molecule has 0 aliphatic rings. The van der Waals surface area contributed by atoms with Gasteiger partial charge in [0.25, 0.3) is 0 Å². The molecule has 0 radical (unpaired) electrons. The molecule has 0 bridgehead atoms. The first-order valence-electron chi connectivity index (χ1n) is 10.2. The van der Waals surface area contributed by atoms with Crippen LogP contribution in [0, 0.1) is 0 Å². The van der Waals surface area contributed by atoms with Crippen molar-refractivity contribution in [2.75, 3.05) is 32.7 Å². The average Bonchev–Trinajstić information content (AvgIpc) is 2.46. The van der Waals surface area contributed by atoms with Crippen molar-refractivity contribution in [3.8, 4) is 0 Å². The van der Waals surface area contributed by atoms with Crippen LogP contribution in [0.3, 0.4) is 0 Å². The number of nitrogens with one attached hydrogen (secondary N) is 2. The van der Waals surface area contributed by atoms with Crippen LogP contribution in [0.25, 0.3) is 0 Å². The molecule has 1 atom stereocenters. The highest BCUT2D eigenvalue weighted by molar-refractivity contribution is 5.67. The fraction of sp³-hybridized carbons (Fsp3) is 0.900. The quantitative estimate of drug-likeness (QED) is 0.459. The van der Waals surface area contributed by atoms with Crippen LogP contribution in [0.4, 0.5) is 9.59 Å². The van der Waals surface area contributed by atoms with Crippen molar-refractivity contribution in [1.29, 1.82) is 0 Å². The molecule has 0 aliphatic heterocycles. The summed E-state index contributed by atoms with van der Waals surface area (Å²) in [6, 6.07) is 0.0821. The van der Waals surface area contributed by atoms with Crippen molar-refractivity contribution in [2.24, 2.45) is 5.73 Å². The molecule has 0 heterocycles. The summed E-state index contributed by atoms with van der Waals surface area (Å²) in [5.41, 5.74) is 4.97. The van der Waals surface area contributed by atoms with E-state index in [1.54, 1.807) is 0 Å². The number of carbonyl (C=O) groups excluding carboxylic acids is 2. The zero-order chi connectivity index (χ0) is 21.8. The van der Waals surface area contributed by atoms with Gasteiger partial charge in [0.2, 0.25) is 0 Å². The minimum absolute atomic E-state index is 0.0821. The minimum atomic E-state index is -0.488. The summed E-state index contributed by atoms with van der Waals surface area (Å²) in [4.78, 5) is 25.6. The fourth-order valence-electron chi connectivity index (χ4n) is 2.47. The summed E-state index contributed by atoms with van der Waals surface area (Å²) >= 11 is 0. The van der Waals surface area contributed by atoms with E-state index in [2.05, 4.69) is 15.5 Å². The summed E-state index contributed by atoms with van der Waals surface area (Å²) in [5.74, 6) is 0. The topological polar surface area (TPSA) is 106 Å². The van der Waals surface area contributed by atoms with Crippen molar-refractivity contribution in [3.05, 3.63) is 0 Å². The third-order valence-electron chi connectivity index (χ3n) is 3.43. The molecule has 8 heteroatoms. The lowest BCUT2D eigenvalue weighted by atomic mass is 10.2. The molecule has 0 fully saturated rings. The van der Waals surface area contributed by atoms with E-state index in [-0.39, 0.29) is 18.2 Å². The normalized spacial score (nSPS) is 13.2. The first kappa shape index (κ1) is 26.5. The highest BCUT2D eigenvalue weighted by Crippen LogP contribution is 2.07. The lowest BCUT2D eigenvalue weighted by molar-refractivity contribution is 0.0513. The van der Waals surface area contributed by atoms with Gasteiger partial charge in [-0.1, -0.05) is 0 Å². The third kappa shape index (κ3) is 17.9. The molecule has 1 unspecified atom stereocenters. The van der Waals surface area contributed by atoms with E-state index in [0.717, 1.165) is 38.9 Å². The number of ether oxygens (including phenoxy) is 2. The fourth-order valence-corrected chi connectivity index (χ4v) is 2.47. The Labute approximate surface area is 170 Å². The first-order chi connectivity index (χ1) is 12.8. The molecule has 0 aromatic carbocycles. The summed E-state index contributed by atoms with van der Waals surface area (Å²) < 4.78 is 10.4. The van der Waals surface area contributed by atoms with E-state index in [0.29, 0.717) is 13.1 Å². The van der Waals surface area contributed by atoms with Crippen molar-refractivity contribution < 1.29 is 19.1 Å². The van der Waals surface area contributed by atoms with E-state index < -0.39 is 11.2 Å². The van der Waals surface area contributed by atoms with Gasteiger partial charge in [-0.2, -0.15) is 0 Å². The summed E-state index contributed by atoms with van der Waals surface area (Å²) in [6.07, 6.45) is 1.86. The van der Waals surface area contributed by atoms with Crippen molar-refractivity contribution >= 4 is 12.2 Å². The Hall–Kier alpha value is -1.54. The molecule has 166 valence electrons. The number of nitrogens with two attached hydrogens (primary N) is 1. The van der Waals surface area contributed by atoms with Gasteiger partial charge >= 0.3 is 12.2 Å². The molecular weight excluding hydrogens is 360 g/mol. The van der Waals surface area contributed by atoms with E-state index >= 15 is 0 Å². The lowest BCUT2D eigenvalue weighted by Gasteiger charge is -2.24. The molecule has 28 heavy (non-hydrogen) atoms. The molecular formula is C20H42N4O4. The van der Waals surface area contributed by atoms with Crippen LogP contribution >= 0.6 is 0 Å². The van der Waals surface area contributed by atoms with E-state index in [1.807, 2.05) is 48.5 Å². The van der Waals surface area contributed by atoms with Crippen LogP contribution in [-0.2, 0) is 9.47 Å². The molecule has 8 nitrogen and oxygen atoms in total. The number of amides is 2. The van der Waals surface area contributed by atoms with Crippen molar-refractivity contribution in [3.63, 3.8) is 0 Å². The van der Waals surface area contributed by atoms with Gasteiger partial charge in [-0.05, 0) is 80.8 Å². The Kier molecular flexibility index (Phi) is 12.1. The zero-order valence-electron chi connectivity index (χ0n) is 18.9. The largest absolute Gasteiger partial charge is 0.444 e. The van der Waals surface area contributed by atoms with Gasteiger partial charge < -0.3 is 30.7 Å². The molecule has 0 spiro atoms. The maximum absolute atomic E-state index is 11.7. The SMILES string of the molecule is CC(N)CN(CCCCNC(=O)OC(C)(C)C)CCCNC(=O)OC(C)(C)C. The van der Waals surface area contributed by atoms with Gasteiger partial charge in [0.1, 0.15) is 11.2 Å². The number of hydrogen-bond acceptors (Lipinski definition) is 6. The van der Waals surface area contributed by atoms with Gasteiger partial charge in [-0.15, -0.1) is 0 Å². The van der Waals surface area contributed by atoms with Crippen molar-refractivity contribution in [2.45, 2.75) is 85.0 Å². The van der Waals surface area contributed by atoms with Gasteiger partial charge in [0.15, 0.2) is 0 Å². The van der Waals surface area contributed by atoms with E-state index in [1.165, 1.54) is 0 Å². The number of nitrogens with zero attached hydrogens (tertiary/aromatic N) is 1. The zero-order valence-corrected chi connectivity index (χ0v) is 18.9. The van der Waals surface area contributed by atoms with Gasteiger partial charge in [0.05, 0.1) is 0 Å². The van der Waals surface area contributed by atoms with Gasteiger partial charge in [-0.3, -0.25) is 0 Å². The summed E-state index contributed by atoms with van der Waals surface area (Å²) in [5, 5.41) is 5.55. The monoisotopic (exact) mass is 402 g/mol. The van der Waals surface area contributed by atoms with Gasteiger partial charge in [-0.25, -0.2) is 9.59 Å². The van der Waals surface area contributed by atoms with Crippen LogP contribution in [0.2, 0.25) is 0 Å². The predicted octanol–water partition coefficient (Wildman–Crippen LogP) is 2.86. The number of alkyl carbamates (subject to hydrolysis) is 2. The lowest BCUT2D eigenvalue weighted by Crippen LogP contribution is -2.39. The molecule has 0 saturated heterocycles. The van der Waals surface area contributed by atoms with Crippen LogP contribution in [0.5, 0.6) is 0 Å². The minimum Gasteiger partial charge on any atom is -0.444 e. The summed E-state index contributed by atoms with van der Waals surface area (Å²) in [7, 11) is 0. The van der Waals surface area contributed by atoms with Crippen LogP contribution in [0.15, 0.2) is 0 Å². The number of carbonyl (C=O) groups is 2. The highest BCUT2D eigenvalue weighted by atomic mass is 16.6. The standard InChI is InChI=1S/C20H42N4O4/c1-16(21)15-24(14-10-12-23-18(26)28-20(5,6)7)13-9-8-11-22-17(25)27-19(2,3)4/h16H,8-15,21H2,1-7H3,(H,22,25)(H,23,26). The molecule has 0 aromatic heterocycles. The Morgan fingerprint density at radius 1 is 0.857 bits per heavy atom. The molecule has 0 saturated carbocycles. The van der Waals surface area contributed by atoms with Gasteiger partial charge in [0, 0.05) is 25.7 Å². The maximum atomic E-state index is 11.7. The Morgan fingerprint density at radius 2 is 1.29 bits per heavy atom. The summed E-state index contributed by atoms with van der Waals surface area (Å²) in [6.45, 7) is 16.7. The van der Waals surface area contributed by atoms with E-state index in [4.69, 9.17) is 15.2 Å². The Bertz CT molecular complexity index is 456. The Balaban J connectivity index is 4.02. The second kappa shape index (κ2) is 12.8. The van der Waals surface area contributed by atoms with E-state index in [9.17, 15) is 9.59 Å². The maximum Gasteiger partial charge on any atom is 0.407 e. The average molecular weight is 403 g/mol. The number of rotatable bonds is 11. The Morgan fingerprint density at radius 3 is 1.71 bits per heavy atom. The highest BCUT2D eigenvalue weighted by Gasteiger charge is 2.16.